The molecular weight excluding hydrogens is 344 g/mol. The van der Waals surface area contributed by atoms with Crippen LogP contribution in [0.2, 0.25) is 0 Å². The SMILES string of the molecule is Cc1ccc(OCCNC(=O)CCN2C(=O)C(C)Oc3ccccc32)cc1. The van der Waals surface area contributed by atoms with Gasteiger partial charge in [-0.05, 0) is 38.1 Å². The van der Waals surface area contributed by atoms with Crippen LogP contribution in [0, 0.1) is 6.92 Å². The molecule has 1 N–H and O–H groups in total. The van der Waals surface area contributed by atoms with E-state index in [0.717, 1.165) is 5.75 Å². The number of nitrogens with one attached hydrogen (secondary N) is 1. The zero-order valence-corrected chi connectivity index (χ0v) is 15.6. The second-order valence-electron chi connectivity index (χ2n) is 6.48. The van der Waals surface area contributed by atoms with E-state index in [-0.39, 0.29) is 18.2 Å². The number of rotatable bonds is 7. The van der Waals surface area contributed by atoms with Gasteiger partial charge < -0.3 is 19.7 Å². The van der Waals surface area contributed by atoms with Crippen molar-refractivity contribution in [3.05, 3.63) is 54.1 Å². The Morgan fingerprint density at radius 2 is 1.93 bits per heavy atom. The van der Waals surface area contributed by atoms with Crippen LogP contribution < -0.4 is 19.7 Å². The van der Waals surface area contributed by atoms with Gasteiger partial charge in [-0.3, -0.25) is 9.59 Å². The summed E-state index contributed by atoms with van der Waals surface area (Å²) >= 11 is 0. The summed E-state index contributed by atoms with van der Waals surface area (Å²) in [7, 11) is 0. The van der Waals surface area contributed by atoms with Gasteiger partial charge in [0.1, 0.15) is 18.1 Å². The maximum absolute atomic E-state index is 12.4. The molecule has 1 aliphatic heterocycles. The van der Waals surface area contributed by atoms with Crippen LogP contribution in [0.25, 0.3) is 0 Å². The van der Waals surface area contributed by atoms with Gasteiger partial charge in [0, 0.05) is 13.0 Å². The standard InChI is InChI=1S/C21H24N2O4/c1-15-7-9-17(10-8-15)26-14-12-22-20(24)11-13-23-18-5-3-4-6-19(18)27-16(2)21(23)25/h3-10,16H,11-14H2,1-2H3,(H,22,24). The summed E-state index contributed by atoms with van der Waals surface area (Å²) in [5, 5.41) is 2.82. The van der Waals surface area contributed by atoms with E-state index in [1.807, 2.05) is 55.5 Å². The fraction of sp³-hybridized carbons (Fsp3) is 0.333. The molecule has 0 bridgehead atoms. The number of anilines is 1. The lowest BCUT2D eigenvalue weighted by Gasteiger charge is -2.32. The molecule has 0 aromatic heterocycles. The van der Waals surface area contributed by atoms with Crippen LogP contribution in [0.1, 0.15) is 18.9 Å². The minimum atomic E-state index is -0.550. The normalized spacial score (nSPS) is 15.7. The first-order valence-electron chi connectivity index (χ1n) is 9.08. The van der Waals surface area contributed by atoms with E-state index >= 15 is 0 Å². The third-order valence-corrected chi connectivity index (χ3v) is 4.35. The molecular formula is C21H24N2O4. The monoisotopic (exact) mass is 368 g/mol. The molecule has 2 aromatic carbocycles. The summed E-state index contributed by atoms with van der Waals surface area (Å²) in [6, 6.07) is 15.1. The van der Waals surface area contributed by atoms with Gasteiger partial charge in [-0.25, -0.2) is 0 Å². The number of carbonyl (C=O) groups excluding carboxylic acids is 2. The summed E-state index contributed by atoms with van der Waals surface area (Å²) in [5.74, 6) is 1.19. The van der Waals surface area contributed by atoms with Crippen LogP contribution in [-0.4, -0.2) is 37.6 Å². The molecule has 3 rings (SSSR count). The summed E-state index contributed by atoms with van der Waals surface area (Å²) < 4.78 is 11.2. The zero-order valence-electron chi connectivity index (χ0n) is 15.6. The third-order valence-electron chi connectivity index (χ3n) is 4.35. The van der Waals surface area contributed by atoms with Crippen molar-refractivity contribution >= 4 is 17.5 Å². The Balaban J connectivity index is 1.45. The Morgan fingerprint density at radius 3 is 2.70 bits per heavy atom. The van der Waals surface area contributed by atoms with Gasteiger partial charge in [0.05, 0.1) is 12.2 Å². The first-order chi connectivity index (χ1) is 13.0. The molecule has 0 saturated heterocycles. The summed E-state index contributed by atoms with van der Waals surface area (Å²) in [6.07, 6.45) is -0.331. The van der Waals surface area contributed by atoms with Crippen LogP contribution in [0.5, 0.6) is 11.5 Å². The first kappa shape index (κ1) is 18.8. The lowest BCUT2D eigenvalue weighted by atomic mass is 10.1. The maximum Gasteiger partial charge on any atom is 0.267 e. The van der Waals surface area contributed by atoms with Crippen molar-refractivity contribution in [1.29, 1.82) is 0 Å². The molecule has 1 aliphatic rings. The molecule has 1 atom stereocenters. The lowest BCUT2D eigenvalue weighted by molar-refractivity contribution is -0.125. The van der Waals surface area contributed by atoms with Crippen LogP contribution in [0.4, 0.5) is 5.69 Å². The van der Waals surface area contributed by atoms with Crippen molar-refractivity contribution in [3.63, 3.8) is 0 Å². The Morgan fingerprint density at radius 1 is 1.19 bits per heavy atom. The van der Waals surface area contributed by atoms with Crippen molar-refractivity contribution < 1.29 is 19.1 Å². The van der Waals surface area contributed by atoms with Gasteiger partial charge in [0.2, 0.25) is 5.91 Å². The fourth-order valence-electron chi connectivity index (χ4n) is 2.89. The predicted octanol–water partition coefficient (Wildman–Crippen LogP) is 2.69. The lowest BCUT2D eigenvalue weighted by Crippen LogP contribution is -2.45. The molecule has 142 valence electrons. The first-order valence-corrected chi connectivity index (χ1v) is 9.08. The predicted molar refractivity (Wildman–Crippen MR) is 103 cm³/mol. The second kappa shape index (κ2) is 8.58. The number of amides is 2. The van der Waals surface area contributed by atoms with Crippen molar-refractivity contribution in [1.82, 2.24) is 5.32 Å². The van der Waals surface area contributed by atoms with Crippen molar-refractivity contribution in [2.24, 2.45) is 0 Å². The molecule has 0 saturated carbocycles. The topological polar surface area (TPSA) is 67.9 Å². The van der Waals surface area contributed by atoms with E-state index in [4.69, 9.17) is 9.47 Å². The zero-order chi connectivity index (χ0) is 19.2. The molecule has 1 heterocycles. The summed E-state index contributed by atoms with van der Waals surface area (Å²) in [6.45, 7) is 4.85. The average Bonchev–Trinajstić information content (AvgIpc) is 2.67. The fourth-order valence-corrected chi connectivity index (χ4v) is 2.89. The van der Waals surface area contributed by atoms with Gasteiger partial charge in [-0.2, -0.15) is 0 Å². The van der Waals surface area contributed by atoms with E-state index in [1.54, 1.807) is 11.8 Å². The van der Waals surface area contributed by atoms with E-state index in [2.05, 4.69) is 5.32 Å². The van der Waals surface area contributed by atoms with E-state index in [9.17, 15) is 9.59 Å². The largest absolute Gasteiger partial charge is 0.492 e. The molecule has 1 unspecified atom stereocenters. The van der Waals surface area contributed by atoms with Crippen LogP contribution in [0.3, 0.4) is 0 Å². The number of hydrogen-bond donors (Lipinski definition) is 1. The number of carbonyl (C=O) groups is 2. The summed E-state index contributed by atoms with van der Waals surface area (Å²) in [5.41, 5.74) is 1.88. The minimum absolute atomic E-state index is 0.119. The minimum Gasteiger partial charge on any atom is -0.492 e. The Kier molecular flexibility index (Phi) is 5.96. The molecule has 27 heavy (non-hydrogen) atoms. The van der Waals surface area contributed by atoms with Crippen LogP contribution in [-0.2, 0) is 9.59 Å². The highest BCUT2D eigenvalue weighted by Gasteiger charge is 2.31. The van der Waals surface area contributed by atoms with Gasteiger partial charge in [0.25, 0.3) is 5.91 Å². The summed E-state index contributed by atoms with van der Waals surface area (Å²) in [4.78, 5) is 26.1. The number of ether oxygens (including phenoxy) is 2. The van der Waals surface area contributed by atoms with Gasteiger partial charge in [0.15, 0.2) is 6.10 Å². The van der Waals surface area contributed by atoms with E-state index < -0.39 is 6.10 Å². The molecule has 0 spiro atoms. The molecule has 0 fully saturated rings. The molecule has 2 amide bonds. The van der Waals surface area contributed by atoms with Crippen molar-refractivity contribution in [3.8, 4) is 11.5 Å². The van der Waals surface area contributed by atoms with Crippen molar-refractivity contribution in [2.45, 2.75) is 26.4 Å². The third kappa shape index (κ3) is 4.78. The molecule has 6 heteroatoms. The number of nitrogens with zero attached hydrogens (tertiary/aromatic N) is 1. The van der Waals surface area contributed by atoms with Gasteiger partial charge in [-0.15, -0.1) is 0 Å². The highest BCUT2D eigenvalue weighted by Crippen LogP contribution is 2.33. The quantitative estimate of drug-likeness (QED) is 0.763. The highest BCUT2D eigenvalue weighted by atomic mass is 16.5. The molecule has 2 aromatic rings. The Bertz CT molecular complexity index is 804. The molecule has 0 radical (unpaired) electrons. The average molecular weight is 368 g/mol. The van der Waals surface area contributed by atoms with Crippen molar-refractivity contribution in [2.75, 3.05) is 24.6 Å². The number of hydrogen-bond acceptors (Lipinski definition) is 4. The second-order valence-corrected chi connectivity index (χ2v) is 6.48. The van der Waals surface area contributed by atoms with Gasteiger partial charge >= 0.3 is 0 Å². The maximum atomic E-state index is 12.4. The Labute approximate surface area is 159 Å². The van der Waals surface area contributed by atoms with E-state index in [0.29, 0.717) is 31.1 Å². The number of fused-ring (bicyclic) bond motifs is 1. The Hall–Kier alpha value is -3.02. The van der Waals surface area contributed by atoms with Gasteiger partial charge in [-0.1, -0.05) is 29.8 Å². The van der Waals surface area contributed by atoms with Crippen LogP contribution >= 0.6 is 0 Å². The smallest absolute Gasteiger partial charge is 0.267 e. The van der Waals surface area contributed by atoms with Crippen LogP contribution in [0.15, 0.2) is 48.5 Å². The highest BCUT2D eigenvalue weighted by molar-refractivity contribution is 6.00. The molecule has 0 aliphatic carbocycles. The number of para-hydroxylation sites is 2. The number of benzene rings is 2. The van der Waals surface area contributed by atoms with E-state index in [1.165, 1.54) is 5.56 Å². The molecule has 6 nitrogen and oxygen atoms in total. The number of aryl methyl sites for hydroxylation is 1.